The zero-order valence-corrected chi connectivity index (χ0v) is 12.4. The number of thiocarbonyl (C=S) groups is 1. The van der Waals surface area contributed by atoms with Crippen LogP contribution in [0.4, 0.5) is 0 Å². The van der Waals surface area contributed by atoms with Gasteiger partial charge in [0.25, 0.3) is 10.0 Å². The lowest BCUT2D eigenvalue weighted by Crippen LogP contribution is -2.42. The van der Waals surface area contributed by atoms with Gasteiger partial charge < -0.3 is 5.73 Å². The molecule has 0 bridgehead atoms. The molecule has 3 N–H and O–H groups in total. The fourth-order valence-corrected chi connectivity index (χ4v) is 3.92. The van der Waals surface area contributed by atoms with Crippen LogP contribution in [0.15, 0.2) is 16.3 Å². The van der Waals surface area contributed by atoms with Gasteiger partial charge in [-0.05, 0) is 32.4 Å². The van der Waals surface area contributed by atoms with E-state index in [1.54, 1.807) is 6.07 Å². The molecule has 96 valence electrons. The van der Waals surface area contributed by atoms with Gasteiger partial charge in [0.2, 0.25) is 0 Å². The van der Waals surface area contributed by atoms with Crippen molar-refractivity contribution in [1.29, 1.82) is 0 Å². The smallest absolute Gasteiger partial charge is 0.250 e. The Hall–Kier alpha value is -0.500. The van der Waals surface area contributed by atoms with Crippen molar-refractivity contribution in [2.24, 2.45) is 5.73 Å². The molecule has 0 aliphatic rings. The molecule has 0 fully saturated rings. The summed E-state index contributed by atoms with van der Waals surface area (Å²) in [4.78, 5) is 0.820. The molecule has 0 unspecified atom stereocenters. The predicted molar refractivity (Wildman–Crippen MR) is 74.9 cm³/mol. The summed E-state index contributed by atoms with van der Waals surface area (Å²) >= 11 is 5.89. The van der Waals surface area contributed by atoms with E-state index in [9.17, 15) is 8.42 Å². The highest BCUT2D eigenvalue weighted by Crippen LogP contribution is 2.23. The fourth-order valence-electron chi connectivity index (χ4n) is 1.08. The van der Waals surface area contributed by atoms with Crippen molar-refractivity contribution in [3.05, 3.63) is 17.0 Å². The molecule has 0 aliphatic carbocycles. The molecule has 17 heavy (non-hydrogen) atoms. The van der Waals surface area contributed by atoms with Crippen LogP contribution in [0, 0.1) is 0 Å². The Balaban J connectivity index is 3.02. The number of rotatable bonds is 5. The number of thiophene rings is 1. The Bertz CT molecular complexity index is 517. The number of nitrogens with one attached hydrogen (secondary N) is 1. The van der Waals surface area contributed by atoms with Gasteiger partial charge in [0.1, 0.15) is 9.20 Å². The number of hydrogen-bond acceptors (Lipinski definition) is 4. The Labute approximate surface area is 111 Å². The lowest BCUT2D eigenvalue weighted by atomic mass is 10.0. The molecule has 0 aromatic carbocycles. The normalized spacial score (nSPS) is 12.6. The number of sulfonamides is 1. The van der Waals surface area contributed by atoms with Crippen LogP contribution >= 0.6 is 23.6 Å². The first kappa shape index (κ1) is 14.6. The van der Waals surface area contributed by atoms with E-state index < -0.39 is 15.6 Å². The summed E-state index contributed by atoms with van der Waals surface area (Å²) < 4.78 is 27.0. The molecule has 1 rings (SSSR count). The second kappa shape index (κ2) is 5.01. The van der Waals surface area contributed by atoms with Crippen molar-refractivity contribution >= 4 is 38.6 Å². The zero-order valence-electron chi connectivity index (χ0n) is 9.98. The molecule has 0 radical (unpaired) electrons. The summed E-state index contributed by atoms with van der Waals surface area (Å²) in [6.45, 7) is 5.61. The SMILES string of the molecule is CCC(C)(C)NS(=O)(=O)c1ccc(C(N)=S)s1. The van der Waals surface area contributed by atoms with E-state index in [4.69, 9.17) is 18.0 Å². The van der Waals surface area contributed by atoms with Crippen LogP contribution in [-0.2, 0) is 10.0 Å². The van der Waals surface area contributed by atoms with Crippen molar-refractivity contribution in [3.63, 3.8) is 0 Å². The van der Waals surface area contributed by atoms with E-state index in [-0.39, 0.29) is 9.20 Å². The molecule has 0 amide bonds. The maximum Gasteiger partial charge on any atom is 0.250 e. The Morgan fingerprint density at radius 1 is 1.53 bits per heavy atom. The van der Waals surface area contributed by atoms with Gasteiger partial charge in [0.15, 0.2) is 0 Å². The lowest BCUT2D eigenvalue weighted by Gasteiger charge is -2.23. The molecule has 0 atom stereocenters. The van der Waals surface area contributed by atoms with E-state index >= 15 is 0 Å². The van der Waals surface area contributed by atoms with Crippen LogP contribution in [-0.4, -0.2) is 18.9 Å². The standard InChI is InChI=1S/C10H16N2O2S3/c1-4-10(2,3)12-17(13,14)8-6-5-7(16-8)9(11)15/h5-6,12H,4H2,1-3H3,(H2,11,15). The molecular weight excluding hydrogens is 276 g/mol. The topological polar surface area (TPSA) is 72.2 Å². The molecule has 4 nitrogen and oxygen atoms in total. The van der Waals surface area contributed by atoms with Crippen LogP contribution in [0.2, 0.25) is 0 Å². The monoisotopic (exact) mass is 292 g/mol. The average molecular weight is 292 g/mol. The van der Waals surface area contributed by atoms with Crippen LogP contribution in [0.5, 0.6) is 0 Å². The van der Waals surface area contributed by atoms with Gasteiger partial charge >= 0.3 is 0 Å². The van der Waals surface area contributed by atoms with Crippen LogP contribution in [0.25, 0.3) is 0 Å². The van der Waals surface area contributed by atoms with Gasteiger partial charge in [-0.1, -0.05) is 19.1 Å². The van der Waals surface area contributed by atoms with Crippen molar-refractivity contribution in [1.82, 2.24) is 4.72 Å². The Morgan fingerprint density at radius 3 is 2.53 bits per heavy atom. The highest BCUT2D eigenvalue weighted by atomic mass is 32.2. The third-order valence-corrected chi connectivity index (χ3v) is 6.04. The summed E-state index contributed by atoms with van der Waals surface area (Å²) in [6, 6.07) is 3.15. The zero-order chi connectivity index (χ0) is 13.3. The van der Waals surface area contributed by atoms with Crippen LogP contribution in [0.1, 0.15) is 32.1 Å². The highest BCUT2D eigenvalue weighted by Gasteiger charge is 2.25. The van der Waals surface area contributed by atoms with E-state index in [2.05, 4.69) is 4.72 Å². The molecular formula is C10H16N2O2S3. The van der Waals surface area contributed by atoms with Gasteiger partial charge in [-0.3, -0.25) is 0 Å². The minimum atomic E-state index is -3.49. The summed E-state index contributed by atoms with van der Waals surface area (Å²) in [6.07, 6.45) is 0.708. The van der Waals surface area contributed by atoms with Gasteiger partial charge in [-0.2, -0.15) is 0 Å². The highest BCUT2D eigenvalue weighted by molar-refractivity contribution is 7.91. The van der Waals surface area contributed by atoms with E-state index in [0.717, 1.165) is 11.3 Å². The van der Waals surface area contributed by atoms with Crippen molar-refractivity contribution in [2.45, 2.75) is 36.9 Å². The molecule has 1 heterocycles. The van der Waals surface area contributed by atoms with Gasteiger partial charge in [0, 0.05) is 5.54 Å². The third-order valence-electron chi connectivity index (χ3n) is 2.38. The molecule has 0 saturated carbocycles. The van der Waals surface area contributed by atoms with E-state index in [1.165, 1.54) is 6.07 Å². The molecule has 1 aromatic rings. The minimum Gasteiger partial charge on any atom is -0.389 e. The van der Waals surface area contributed by atoms with Crippen molar-refractivity contribution in [3.8, 4) is 0 Å². The van der Waals surface area contributed by atoms with E-state index in [0.29, 0.717) is 11.3 Å². The first-order valence-corrected chi connectivity index (χ1v) is 7.82. The Kier molecular flexibility index (Phi) is 4.29. The molecule has 0 spiro atoms. The summed E-state index contributed by atoms with van der Waals surface area (Å²) in [5, 5.41) is 0. The summed E-state index contributed by atoms with van der Waals surface area (Å²) in [5.74, 6) is 0. The lowest BCUT2D eigenvalue weighted by molar-refractivity contribution is 0.440. The second-order valence-electron chi connectivity index (χ2n) is 4.33. The quantitative estimate of drug-likeness (QED) is 0.812. The predicted octanol–water partition coefficient (Wildman–Crippen LogP) is 1.85. The molecule has 1 aromatic heterocycles. The van der Waals surface area contributed by atoms with Gasteiger partial charge in [-0.25, -0.2) is 13.1 Å². The minimum absolute atomic E-state index is 0.214. The number of nitrogens with two attached hydrogens (primary N) is 1. The van der Waals surface area contributed by atoms with Gasteiger partial charge in [0.05, 0.1) is 4.88 Å². The maximum atomic E-state index is 12.1. The maximum absolute atomic E-state index is 12.1. The average Bonchev–Trinajstić information content (AvgIpc) is 2.65. The second-order valence-corrected chi connectivity index (χ2v) is 7.76. The largest absolute Gasteiger partial charge is 0.389 e. The fraction of sp³-hybridized carbons (Fsp3) is 0.500. The Morgan fingerprint density at radius 2 is 2.12 bits per heavy atom. The first-order chi connectivity index (χ1) is 7.68. The van der Waals surface area contributed by atoms with Gasteiger partial charge in [-0.15, -0.1) is 11.3 Å². The van der Waals surface area contributed by atoms with E-state index in [1.807, 2.05) is 20.8 Å². The first-order valence-electron chi connectivity index (χ1n) is 5.11. The molecule has 0 aliphatic heterocycles. The third kappa shape index (κ3) is 3.74. The number of hydrogen-bond donors (Lipinski definition) is 2. The van der Waals surface area contributed by atoms with Crippen LogP contribution < -0.4 is 10.5 Å². The van der Waals surface area contributed by atoms with Crippen molar-refractivity contribution < 1.29 is 8.42 Å². The molecule has 7 heteroatoms. The molecule has 0 saturated heterocycles. The summed E-state index contributed by atoms with van der Waals surface area (Å²) in [5.41, 5.74) is 4.98. The van der Waals surface area contributed by atoms with Crippen LogP contribution in [0.3, 0.4) is 0 Å². The summed E-state index contributed by atoms with van der Waals surface area (Å²) in [7, 11) is -3.49. The van der Waals surface area contributed by atoms with Crippen molar-refractivity contribution in [2.75, 3.05) is 0 Å².